The molecule has 0 atom stereocenters. The van der Waals surface area contributed by atoms with Crippen molar-refractivity contribution in [3.63, 3.8) is 0 Å². The van der Waals surface area contributed by atoms with E-state index in [1.807, 2.05) is 48.5 Å². The van der Waals surface area contributed by atoms with E-state index in [1.165, 1.54) is 10.5 Å². The smallest absolute Gasteiger partial charge is 0.281 e. The molecule has 0 unspecified atom stereocenters. The molecule has 1 fully saturated rings. The molecule has 29 heavy (non-hydrogen) atoms. The zero-order valence-electron chi connectivity index (χ0n) is 16.6. The summed E-state index contributed by atoms with van der Waals surface area (Å²) in [6.07, 6.45) is 3.80. The van der Waals surface area contributed by atoms with Gasteiger partial charge in [-0.3, -0.25) is 9.69 Å². The topological polar surface area (TPSA) is 50.8 Å². The van der Waals surface area contributed by atoms with Crippen molar-refractivity contribution in [1.29, 1.82) is 0 Å². The van der Waals surface area contributed by atoms with Crippen molar-refractivity contribution in [3.8, 4) is 11.5 Å². The van der Waals surface area contributed by atoms with Crippen molar-refractivity contribution in [3.05, 3.63) is 70.9 Å². The van der Waals surface area contributed by atoms with Crippen LogP contribution in [0.2, 0.25) is 0 Å². The van der Waals surface area contributed by atoms with E-state index in [2.05, 4.69) is 19.2 Å². The maximum absolute atomic E-state index is 13.0. The molecule has 2 aliphatic heterocycles. The summed E-state index contributed by atoms with van der Waals surface area (Å²) in [5, 5.41) is 3.41. The molecule has 2 aromatic rings. The normalized spacial score (nSPS) is 17.2. The lowest BCUT2D eigenvalue weighted by atomic mass is 10.0. The molecule has 0 saturated carbocycles. The third kappa shape index (κ3) is 3.76. The Hall–Kier alpha value is -3.12. The van der Waals surface area contributed by atoms with Gasteiger partial charge < -0.3 is 14.8 Å². The van der Waals surface area contributed by atoms with E-state index in [0.717, 1.165) is 28.3 Å². The Bertz CT molecular complexity index is 1040. The molecule has 1 amide bonds. The molecule has 2 heterocycles. The molecular weight excluding hydrogens is 384 g/mol. The van der Waals surface area contributed by atoms with Gasteiger partial charge in [-0.2, -0.15) is 0 Å². The first-order valence-electron chi connectivity index (χ1n) is 9.45. The van der Waals surface area contributed by atoms with Gasteiger partial charge in [0.1, 0.15) is 23.8 Å². The van der Waals surface area contributed by atoms with Gasteiger partial charge in [0.15, 0.2) is 5.11 Å². The van der Waals surface area contributed by atoms with E-state index >= 15 is 0 Å². The van der Waals surface area contributed by atoms with Crippen LogP contribution in [-0.2, 0) is 4.79 Å². The highest BCUT2D eigenvalue weighted by Gasteiger charge is 2.32. The van der Waals surface area contributed by atoms with E-state index < -0.39 is 0 Å². The Balaban J connectivity index is 1.58. The standard InChI is InChI=1S/C23H22N2O3S/c1-14(2)16-4-7-18(8-5-16)25-22(26)20(24-23(25)29)11-15-10-17-6-9-19(27-3)12-21(17)28-13-15/h4-12,14H,13H2,1-3H3,(H,24,29)/b20-11-. The van der Waals surface area contributed by atoms with E-state index in [9.17, 15) is 4.79 Å². The number of fused-ring (bicyclic) bond motifs is 1. The fraction of sp³-hybridized carbons (Fsp3) is 0.217. The van der Waals surface area contributed by atoms with Gasteiger partial charge >= 0.3 is 0 Å². The molecule has 0 aromatic heterocycles. The molecule has 2 aromatic carbocycles. The number of carbonyl (C=O) groups excluding carboxylic acids is 1. The van der Waals surface area contributed by atoms with Crippen molar-refractivity contribution < 1.29 is 14.3 Å². The largest absolute Gasteiger partial charge is 0.497 e. The second-order valence-electron chi connectivity index (χ2n) is 7.29. The quantitative estimate of drug-likeness (QED) is 0.603. The Morgan fingerprint density at radius 1 is 1.21 bits per heavy atom. The van der Waals surface area contributed by atoms with Gasteiger partial charge in [-0.25, -0.2) is 0 Å². The number of ether oxygens (including phenoxy) is 2. The van der Waals surface area contributed by atoms with Crippen LogP contribution in [0.5, 0.6) is 11.5 Å². The first kappa shape index (κ1) is 19.2. The number of methoxy groups -OCH3 is 1. The van der Waals surface area contributed by atoms with Crippen molar-refractivity contribution in [2.75, 3.05) is 18.6 Å². The van der Waals surface area contributed by atoms with Gasteiger partial charge in [-0.15, -0.1) is 0 Å². The van der Waals surface area contributed by atoms with Crippen LogP contribution in [0.4, 0.5) is 5.69 Å². The van der Waals surface area contributed by atoms with Crippen LogP contribution in [-0.4, -0.2) is 24.7 Å². The molecule has 1 saturated heterocycles. The molecule has 4 rings (SSSR count). The average molecular weight is 407 g/mol. The number of amides is 1. The second-order valence-corrected chi connectivity index (χ2v) is 7.67. The highest BCUT2D eigenvalue weighted by Crippen LogP contribution is 2.31. The van der Waals surface area contributed by atoms with Gasteiger partial charge in [-0.05, 0) is 65.7 Å². The number of nitrogens with one attached hydrogen (secondary N) is 1. The molecule has 0 aliphatic carbocycles. The number of rotatable bonds is 4. The van der Waals surface area contributed by atoms with Gasteiger partial charge in [0, 0.05) is 11.6 Å². The predicted molar refractivity (Wildman–Crippen MR) is 118 cm³/mol. The molecule has 6 heteroatoms. The van der Waals surface area contributed by atoms with Gasteiger partial charge in [0.05, 0.1) is 12.8 Å². The third-order valence-corrected chi connectivity index (χ3v) is 5.27. The number of carbonyl (C=O) groups is 1. The SMILES string of the molecule is COc1ccc2c(c1)OCC(/C=C1\NC(=S)N(c3ccc(C(C)C)cc3)C1=O)=C2. The highest BCUT2D eigenvalue weighted by molar-refractivity contribution is 7.80. The summed E-state index contributed by atoms with van der Waals surface area (Å²) < 4.78 is 11.0. The number of hydrogen-bond acceptors (Lipinski definition) is 4. The van der Waals surface area contributed by atoms with Crippen LogP contribution < -0.4 is 19.7 Å². The monoisotopic (exact) mass is 406 g/mol. The Labute approximate surface area is 175 Å². The first-order chi connectivity index (χ1) is 14.0. The van der Waals surface area contributed by atoms with Crippen LogP contribution in [0.3, 0.4) is 0 Å². The van der Waals surface area contributed by atoms with Crippen LogP contribution in [0, 0.1) is 0 Å². The van der Waals surface area contributed by atoms with Crippen LogP contribution in [0.25, 0.3) is 6.08 Å². The summed E-state index contributed by atoms with van der Waals surface area (Å²) in [5.74, 6) is 1.77. The Morgan fingerprint density at radius 3 is 2.66 bits per heavy atom. The van der Waals surface area contributed by atoms with Gasteiger partial charge in [0.2, 0.25) is 0 Å². The summed E-state index contributed by atoms with van der Waals surface area (Å²) in [4.78, 5) is 14.5. The van der Waals surface area contributed by atoms with Crippen molar-refractivity contribution in [2.45, 2.75) is 19.8 Å². The van der Waals surface area contributed by atoms with E-state index in [0.29, 0.717) is 23.3 Å². The Kier molecular flexibility index (Phi) is 5.11. The van der Waals surface area contributed by atoms with Crippen molar-refractivity contribution in [2.24, 2.45) is 0 Å². The summed E-state index contributed by atoms with van der Waals surface area (Å²) in [7, 11) is 1.62. The van der Waals surface area contributed by atoms with Gasteiger partial charge in [0.25, 0.3) is 5.91 Å². The fourth-order valence-electron chi connectivity index (χ4n) is 3.33. The lowest BCUT2D eigenvalue weighted by molar-refractivity contribution is -0.113. The molecular formula is C23H22N2O3S. The number of anilines is 1. The average Bonchev–Trinajstić information content (AvgIpc) is 3.00. The summed E-state index contributed by atoms with van der Waals surface area (Å²) in [6, 6.07) is 13.6. The summed E-state index contributed by atoms with van der Waals surface area (Å²) in [5.41, 5.74) is 4.24. The second kappa shape index (κ2) is 7.72. The molecule has 0 bridgehead atoms. The zero-order chi connectivity index (χ0) is 20.5. The number of benzene rings is 2. The molecule has 5 nitrogen and oxygen atoms in total. The van der Waals surface area contributed by atoms with Gasteiger partial charge in [-0.1, -0.05) is 26.0 Å². The highest BCUT2D eigenvalue weighted by atomic mass is 32.1. The predicted octanol–water partition coefficient (Wildman–Crippen LogP) is 4.40. The number of nitrogens with zero attached hydrogens (tertiary/aromatic N) is 1. The lowest BCUT2D eigenvalue weighted by Crippen LogP contribution is -2.30. The van der Waals surface area contributed by atoms with E-state index in [-0.39, 0.29) is 5.91 Å². The van der Waals surface area contributed by atoms with E-state index in [1.54, 1.807) is 13.2 Å². The molecule has 2 aliphatic rings. The molecule has 0 radical (unpaired) electrons. The number of thiocarbonyl (C=S) groups is 1. The van der Waals surface area contributed by atoms with Crippen molar-refractivity contribution >= 4 is 35.0 Å². The van der Waals surface area contributed by atoms with Crippen molar-refractivity contribution in [1.82, 2.24) is 5.32 Å². The number of hydrogen-bond donors (Lipinski definition) is 1. The minimum atomic E-state index is -0.172. The first-order valence-corrected chi connectivity index (χ1v) is 9.85. The maximum atomic E-state index is 13.0. The van der Waals surface area contributed by atoms with Crippen LogP contribution >= 0.6 is 12.2 Å². The minimum Gasteiger partial charge on any atom is -0.497 e. The fourth-order valence-corrected chi connectivity index (χ4v) is 3.63. The lowest BCUT2D eigenvalue weighted by Gasteiger charge is -2.17. The molecule has 148 valence electrons. The van der Waals surface area contributed by atoms with Crippen LogP contribution in [0.15, 0.2) is 59.8 Å². The molecule has 0 spiro atoms. The maximum Gasteiger partial charge on any atom is 0.281 e. The van der Waals surface area contributed by atoms with Crippen LogP contribution in [0.1, 0.15) is 30.9 Å². The zero-order valence-corrected chi connectivity index (χ0v) is 17.4. The summed E-state index contributed by atoms with van der Waals surface area (Å²) >= 11 is 5.41. The molecule has 1 N–H and O–H groups in total. The Morgan fingerprint density at radius 2 is 1.97 bits per heavy atom. The van der Waals surface area contributed by atoms with E-state index in [4.69, 9.17) is 21.7 Å². The summed E-state index contributed by atoms with van der Waals surface area (Å²) in [6.45, 7) is 4.64. The minimum absolute atomic E-state index is 0.172. The third-order valence-electron chi connectivity index (χ3n) is 4.98.